The van der Waals surface area contributed by atoms with Crippen LogP contribution in [0.15, 0.2) is 58.7 Å². The van der Waals surface area contributed by atoms with E-state index in [0.717, 1.165) is 22.0 Å². The van der Waals surface area contributed by atoms with E-state index in [9.17, 15) is 9.59 Å². The fraction of sp³-hybridized carbons (Fsp3) is 0.370. The Bertz CT molecular complexity index is 1630. The first-order valence-corrected chi connectivity index (χ1v) is 14.8. The zero-order chi connectivity index (χ0) is 27.8. The summed E-state index contributed by atoms with van der Waals surface area (Å²) in [6, 6.07) is 6.53. The average Bonchev–Trinajstić information content (AvgIpc) is 3.41. The monoisotopic (exact) mass is 679 g/mol. The molecule has 0 saturated carbocycles. The van der Waals surface area contributed by atoms with Crippen LogP contribution < -0.4 is 24.5 Å². The predicted molar refractivity (Wildman–Crippen MR) is 155 cm³/mol. The van der Waals surface area contributed by atoms with Gasteiger partial charge in [-0.05, 0) is 54.9 Å². The van der Waals surface area contributed by atoms with Gasteiger partial charge >= 0.3 is 5.97 Å². The fourth-order valence-corrected chi connectivity index (χ4v) is 6.60. The molecule has 1 saturated heterocycles. The Morgan fingerprint density at radius 3 is 2.67 bits per heavy atom. The minimum atomic E-state index is -0.797. The molecule has 39 heavy (non-hydrogen) atoms. The third-order valence-electron chi connectivity index (χ3n) is 6.33. The molecule has 0 spiro atoms. The van der Waals surface area contributed by atoms with Crippen LogP contribution in [0.2, 0.25) is 0 Å². The van der Waals surface area contributed by atoms with E-state index in [4.69, 9.17) is 18.6 Å². The average molecular weight is 681 g/mol. The smallest absolute Gasteiger partial charge is 0.338 e. The third kappa shape index (κ3) is 5.52. The van der Waals surface area contributed by atoms with Crippen LogP contribution in [0.25, 0.3) is 6.08 Å². The minimum absolute atomic E-state index is 0.286. The number of thiazole rings is 1. The summed E-state index contributed by atoms with van der Waals surface area (Å²) in [5, 5.41) is 0. The molecular formula is C27H27Br2N3O6S. The van der Waals surface area contributed by atoms with E-state index in [-0.39, 0.29) is 17.2 Å². The number of rotatable bonds is 6. The van der Waals surface area contributed by atoms with E-state index in [2.05, 4.69) is 41.8 Å². The fourth-order valence-electron chi connectivity index (χ4n) is 4.63. The number of carbonyl (C=O) groups is 1. The number of furan rings is 1. The van der Waals surface area contributed by atoms with E-state index in [1.807, 2.05) is 18.2 Å². The van der Waals surface area contributed by atoms with Gasteiger partial charge in [-0.3, -0.25) is 9.36 Å². The number of carbonyl (C=O) groups excluding carboxylic acids is 1. The molecule has 2 aromatic heterocycles. The molecule has 1 aromatic carbocycles. The summed E-state index contributed by atoms with van der Waals surface area (Å²) in [7, 11) is 1.56. The SMILES string of the molecule is COc1ccc(Br)cc1[C@H]1C(C(=O)OC(C)C)=C(C)N=c2s/c(=C\c3cc(Br)c(N4CCOCC4)o3)c(=O)n21. The highest BCUT2D eigenvalue weighted by atomic mass is 79.9. The number of nitrogens with zero attached hydrogens (tertiary/aromatic N) is 3. The molecule has 1 atom stereocenters. The number of hydrogen-bond donors (Lipinski definition) is 0. The van der Waals surface area contributed by atoms with Crippen molar-refractivity contribution in [2.45, 2.75) is 32.9 Å². The molecule has 9 nitrogen and oxygen atoms in total. The van der Waals surface area contributed by atoms with Gasteiger partial charge < -0.3 is 23.5 Å². The van der Waals surface area contributed by atoms with Crippen molar-refractivity contribution in [3.63, 3.8) is 0 Å². The Morgan fingerprint density at radius 1 is 1.23 bits per heavy atom. The molecule has 4 heterocycles. The van der Waals surface area contributed by atoms with E-state index in [1.54, 1.807) is 40.0 Å². The molecule has 0 unspecified atom stereocenters. The number of aromatic nitrogens is 1. The maximum atomic E-state index is 14.0. The molecule has 0 amide bonds. The van der Waals surface area contributed by atoms with E-state index in [0.29, 0.717) is 51.2 Å². The molecule has 2 aliphatic heterocycles. The van der Waals surface area contributed by atoms with Crippen molar-refractivity contribution >= 4 is 61.1 Å². The number of anilines is 1. The Kier molecular flexibility index (Phi) is 8.18. The van der Waals surface area contributed by atoms with E-state index < -0.39 is 12.0 Å². The standard InChI is InChI=1S/C27H27Br2N3O6S/c1-14(2)37-26(34)22-15(3)30-27-32(23(22)18-11-16(28)5-6-20(18)35-4)24(33)21(39-27)13-17-12-19(29)25(38-17)31-7-9-36-10-8-31/h5-6,11-14,23H,7-10H2,1-4H3/b21-13-/t23-/m0/s1. The maximum absolute atomic E-state index is 14.0. The summed E-state index contributed by atoms with van der Waals surface area (Å²) >= 11 is 8.34. The van der Waals surface area contributed by atoms with Gasteiger partial charge in [0.15, 0.2) is 4.80 Å². The zero-order valence-corrected chi connectivity index (χ0v) is 25.8. The normalized spacial score (nSPS) is 17.9. The lowest BCUT2D eigenvalue weighted by Crippen LogP contribution is -2.40. The molecule has 0 N–H and O–H groups in total. The molecule has 5 rings (SSSR count). The van der Waals surface area contributed by atoms with Crippen LogP contribution in [0.5, 0.6) is 5.75 Å². The molecule has 0 bridgehead atoms. The van der Waals surface area contributed by atoms with Crippen molar-refractivity contribution < 1.29 is 23.4 Å². The van der Waals surface area contributed by atoms with Gasteiger partial charge in [-0.2, -0.15) is 0 Å². The molecule has 0 aliphatic carbocycles. The number of ether oxygens (including phenoxy) is 3. The van der Waals surface area contributed by atoms with Crippen LogP contribution in [-0.2, 0) is 14.3 Å². The van der Waals surface area contributed by atoms with Gasteiger partial charge in [0.05, 0.1) is 46.7 Å². The van der Waals surface area contributed by atoms with Crippen LogP contribution in [0.3, 0.4) is 0 Å². The molecule has 0 radical (unpaired) electrons. The maximum Gasteiger partial charge on any atom is 0.338 e. The second-order valence-corrected chi connectivity index (χ2v) is 12.1. The largest absolute Gasteiger partial charge is 0.496 e. The summed E-state index contributed by atoms with van der Waals surface area (Å²) in [5.74, 6) is 1.23. The minimum Gasteiger partial charge on any atom is -0.496 e. The zero-order valence-electron chi connectivity index (χ0n) is 21.8. The molecular weight excluding hydrogens is 654 g/mol. The van der Waals surface area contributed by atoms with Gasteiger partial charge in [-0.1, -0.05) is 27.3 Å². The molecule has 3 aromatic rings. The van der Waals surface area contributed by atoms with Crippen LogP contribution in [0.4, 0.5) is 5.88 Å². The summed E-state index contributed by atoms with van der Waals surface area (Å²) < 4.78 is 26.3. The van der Waals surface area contributed by atoms with E-state index in [1.165, 1.54) is 15.9 Å². The quantitative estimate of drug-likeness (QED) is 0.361. The Labute approximate surface area is 245 Å². The topological polar surface area (TPSA) is 95.5 Å². The van der Waals surface area contributed by atoms with Crippen LogP contribution in [0.1, 0.15) is 38.1 Å². The third-order valence-corrected chi connectivity index (χ3v) is 8.37. The Balaban J connectivity index is 1.67. The summed E-state index contributed by atoms with van der Waals surface area (Å²) in [5.41, 5.74) is 1.11. The lowest BCUT2D eigenvalue weighted by Gasteiger charge is -2.26. The van der Waals surface area contributed by atoms with Crippen molar-refractivity contribution in [2.75, 3.05) is 38.3 Å². The number of hydrogen-bond acceptors (Lipinski definition) is 9. The highest BCUT2D eigenvalue weighted by Gasteiger charge is 2.35. The molecule has 206 valence electrons. The number of morpholine rings is 1. The number of esters is 1. The van der Waals surface area contributed by atoms with E-state index >= 15 is 0 Å². The van der Waals surface area contributed by atoms with Gasteiger partial charge in [-0.15, -0.1) is 0 Å². The first-order chi connectivity index (χ1) is 18.7. The lowest BCUT2D eigenvalue weighted by molar-refractivity contribution is -0.143. The van der Waals surface area contributed by atoms with Crippen molar-refractivity contribution in [3.05, 3.63) is 75.5 Å². The summed E-state index contributed by atoms with van der Waals surface area (Å²) in [4.78, 5) is 34.5. The van der Waals surface area contributed by atoms with Crippen molar-refractivity contribution in [3.8, 4) is 5.75 Å². The van der Waals surface area contributed by atoms with Gasteiger partial charge in [0.1, 0.15) is 17.6 Å². The highest BCUT2D eigenvalue weighted by Crippen LogP contribution is 2.37. The predicted octanol–water partition coefficient (Wildman–Crippen LogP) is 4.15. The van der Waals surface area contributed by atoms with Crippen molar-refractivity contribution in [1.29, 1.82) is 0 Å². The van der Waals surface area contributed by atoms with Gasteiger partial charge in [0.25, 0.3) is 5.56 Å². The summed E-state index contributed by atoms with van der Waals surface area (Å²) in [6.45, 7) is 8.01. The second-order valence-electron chi connectivity index (χ2n) is 9.32. The number of allylic oxidation sites excluding steroid dienone is 1. The van der Waals surface area contributed by atoms with Gasteiger partial charge in [0.2, 0.25) is 5.88 Å². The number of fused-ring (bicyclic) bond motifs is 1. The van der Waals surface area contributed by atoms with Crippen LogP contribution >= 0.6 is 43.2 Å². The first kappa shape index (κ1) is 27.9. The van der Waals surface area contributed by atoms with Crippen LogP contribution in [-0.4, -0.2) is 50.1 Å². The number of halogens is 2. The number of methoxy groups -OCH3 is 1. The van der Waals surface area contributed by atoms with Crippen LogP contribution in [0, 0.1) is 0 Å². The number of benzene rings is 1. The second kappa shape index (κ2) is 11.4. The molecule has 2 aliphatic rings. The molecule has 12 heteroatoms. The highest BCUT2D eigenvalue weighted by molar-refractivity contribution is 9.10. The summed E-state index contributed by atoms with van der Waals surface area (Å²) in [6.07, 6.45) is 1.37. The van der Waals surface area contributed by atoms with Crippen molar-refractivity contribution in [1.82, 2.24) is 4.57 Å². The lowest BCUT2D eigenvalue weighted by atomic mass is 9.95. The Morgan fingerprint density at radius 2 is 1.97 bits per heavy atom. The van der Waals surface area contributed by atoms with Gasteiger partial charge in [0, 0.05) is 35.3 Å². The van der Waals surface area contributed by atoms with Gasteiger partial charge in [-0.25, -0.2) is 9.79 Å². The Hall–Kier alpha value is -2.67. The molecule has 1 fully saturated rings. The first-order valence-electron chi connectivity index (χ1n) is 12.4. The van der Waals surface area contributed by atoms with Crippen molar-refractivity contribution in [2.24, 2.45) is 4.99 Å².